The Bertz CT molecular complexity index is 1110. The van der Waals surface area contributed by atoms with Gasteiger partial charge in [-0.15, -0.1) is 0 Å². The molecular weight excluding hydrogens is 460 g/mol. The van der Waals surface area contributed by atoms with Crippen LogP contribution in [0, 0.1) is 17.2 Å². The van der Waals surface area contributed by atoms with Gasteiger partial charge in [-0.25, -0.2) is 9.97 Å². The summed E-state index contributed by atoms with van der Waals surface area (Å²) in [6.45, 7) is 5.68. The second-order valence-corrected chi connectivity index (χ2v) is 9.41. The van der Waals surface area contributed by atoms with E-state index in [4.69, 9.17) is 10.00 Å². The van der Waals surface area contributed by atoms with Crippen LogP contribution in [-0.4, -0.2) is 70.0 Å². The number of esters is 1. The maximum absolute atomic E-state index is 12.9. The van der Waals surface area contributed by atoms with Crippen LogP contribution in [0.1, 0.15) is 70.0 Å². The molecule has 1 fully saturated rings. The van der Waals surface area contributed by atoms with Crippen molar-refractivity contribution in [2.45, 2.75) is 71.3 Å². The summed E-state index contributed by atoms with van der Waals surface area (Å²) < 4.78 is 6.76. The van der Waals surface area contributed by atoms with Gasteiger partial charge in [-0.2, -0.15) is 5.26 Å². The van der Waals surface area contributed by atoms with Crippen molar-refractivity contribution in [1.82, 2.24) is 19.4 Å². The molecule has 1 amide bonds. The summed E-state index contributed by atoms with van der Waals surface area (Å²) in [5.41, 5.74) is 0.545. The van der Waals surface area contributed by atoms with Crippen LogP contribution in [0.25, 0.3) is 11.0 Å². The van der Waals surface area contributed by atoms with Crippen molar-refractivity contribution in [3.8, 4) is 6.07 Å². The average molecular weight is 497 g/mol. The number of hydrogen-bond acceptors (Lipinski definition) is 8. The first-order chi connectivity index (χ1) is 17.4. The van der Waals surface area contributed by atoms with Gasteiger partial charge in [-0.3, -0.25) is 19.0 Å². The Labute approximate surface area is 212 Å². The van der Waals surface area contributed by atoms with E-state index >= 15 is 0 Å². The fourth-order valence-corrected chi connectivity index (χ4v) is 4.61. The summed E-state index contributed by atoms with van der Waals surface area (Å²) in [5, 5.41) is 9.66. The minimum absolute atomic E-state index is 0.0265. The molecule has 2 atom stereocenters. The number of nitrogens with zero attached hydrogens (tertiary/aromatic N) is 6. The van der Waals surface area contributed by atoms with Crippen molar-refractivity contribution in [1.29, 1.82) is 5.26 Å². The lowest BCUT2D eigenvalue weighted by atomic mass is 9.92. The number of hydrogen-bond donors (Lipinski definition) is 0. The SMILES string of the molecule is CCCCC(=O)OCCCCC(=O)n1ccc2c(N(C)[C@H]3CN(C(=O)CC#N)CC[C@H]3C)ncnc21. The van der Waals surface area contributed by atoms with Crippen molar-refractivity contribution < 1.29 is 19.1 Å². The lowest BCUT2D eigenvalue weighted by Gasteiger charge is -2.42. The Morgan fingerprint density at radius 1 is 1.19 bits per heavy atom. The van der Waals surface area contributed by atoms with Gasteiger partial charge in [-0.05, 0) is 37.7 Å². The molecule has 0 unspecified atom stereocenters. The smallest absolute Gasteiger partial charge is 0.305 e. The third-order valence-corrected chi connectivity index (χ3v) is 6.84. The zero-order valence-corrected chi connectivity index (χ0v) is 21.5. The Balaban J connectivity index is 1.64. The molecule has 0 aliphatic carbocycles. The number of unbranched alkanes of at least 4 members (excludes halogenated alkanes) is 2. The fourth-order valence-electron chi connectivity index (χ4n) is 4.61. The number of rotatable bonds is 11. The number of likely N-dealkylation sites (tertiary alicyclic amines) is 1. The highest BCUT2D eigenvalue weighted by molar-refractivity contribution is 5.95. The van der Waals surface area contributed by atoms with E-state index in [9.17, 15) is 14.4 Å². The van der Waals surface area contributed by atoms with Gasteiger partial charge in [0.05, 0.1) is 24.1 Å². The van der Waals surface area contributed by atoms with E-state index in [1.165, 1.54) is 6.33 Å². The van der Waals surface area contributed by atoms with E-state index in [1.807, 2.05) is 26.1 Å². The predicted octanol–water partition coefficient (Wildman–Crippen LogP) is 3.56. The van der Waals surface area contributed by atoms with Gasteiger partial charge >= 0.3 is 5.97 Å². The van der Waals surface area contributed by atoms with Crippen LogP contribution in [0.15, 0.2) is 18.6 Å². The topological polar surface area (TPSA) is 121 Å². The van der Waals surface area contributed by atoms with E-state index in [-0.39, 0.29) is 30.2 Å². The Kier molecular flexibility index (Phi) is 9.79. The van der Waals surface area contributed by atoms with Gasteiger partial charge in [0.25, 0.3) is 0 Å². The summed E-state index contributed by atoms with van der Waals surface area (Å²) >= 11 is 0. The quantitative estimate of drug-likeness (QED) is 0.342. The number of aromatic nitrogens is 3. The summed E-state index contributed by atoms with van der Waals surface area (Å²) in [5.74, 6) is 0.623. The lowest BCUT2D eigenvalue weighted by molar-refractivity contribution is -0.143. The van der Waals surface area contributed by atoms with Gasteiger partial charge in [0.15, 0.2) is 5.65 Å². The molecule has 10 heteroatoms. The minimum atomic E-state index is -0.183. The molecule has 0 radical (unpaired) electrons. The van der Waals surface area contributed by atoms with Crippen LogP contribution in [0.5, 0.6) is 0 Å². The molecule has 3 rings (SSSR count). The van der Waals surface area contributed by atoms with Crippen LogP contribution < -0.4 is 4.90 Å². The van der Waals surface area contributed by atoms with E-state index in [2.05, 4.69) is 21.8 Å². The highest BCUT2D eigenvalue weighted by Gasteiger charge is 2.32. The van der Waals surface area contributed by atoms with Crippen LogP contribution in [0.2, 0.25) is 0 Å². The summed E-state index contributed by atoms with van der Waals surface area (Å²) in [6, 6.07) is 3.82. The molecule has 2 aromatic heterocycles. The number of fused-ring (bicyclic) bond motifs is 1. The second kappa shape index (κ2) is 13.0. The maximum atomic E-state index is 12.9. The van der Waals surface area contributed by atoms with E-state index in [1.54, 1.807) is 15.7 Å². The molecule has 0 bridgehead atoms. The van der Waals surface area contributed by atoms with Crippen molar-refractivity contribution >= 4 is 34.6 Å². The molecule has 1 aliphatic rings. The monoisotopic (exact) mass is 496 g/mol. The number of carbonyl (C=O) groups excluding carboxylic acids is 3. The number of piperidine rings is 1. The number of amides is 1. The van der Waals surface area contributed by atoms with Crippen LogP contribution in [-0.2, 0) is 14.3 Å². The Hall–Kier alpha value is -3.48. The third kappa shape index (κ3) is 6.59. The summed E-state index contributed by atoms with van der Waals surface area (Å²) in [6.07, 6.45) is 7.69. The molecule has 0 aromatic carbocycles. The molecule has 10 nitrogen and oxygen atoms in total. The van der Waals surface area contributed by atoms with Crippen LogP contribution in [0.4, 0.5) is 5.82 Å². The highest BCUT2D eigenvalue weighted by atomic mass is 16.5. The molecule has 0 spiro atoms. The van der Waals surface area contributed by atoms with Gasteiger partial charge in [0.1, 0.15) is 18.6 Å². The number of anilines is 1. The van der Waals surface area contributed by atoms with Gasteiger partial charge < -0.3 is 14.5 Å². The molecule has 0 saturated carbocycles. The van der Waals surface area contributed by atoms with Gasteiger partial charge in [0.2, 0.25) is 11.8 Å². The molecular formula is C26H36N6O4. The Morgan fingerprint density at radius 3 is 2.75 bits per heavy atom. The van der Waals surface area contributed by atoms with Crippen molar-refractivity contribution in [3.05, 3.63) is 18.6 Å². The van der Waals surface area contributed by atoms with Crippen molar-refractivity contribution in [2.24, 2.45) is 5.92 Å². The van der Waals surface area contributed by atoms with E-state index < -0.39 is 0 Å². The molecule has 36 heavy (non-hydrogen) atoms. The third-order valence-electron chi connectivity index (χ3n) is 6.84. The first-order valence-electron chi connectivity index (χ1n) is 12.8. The first-order valence-corrected chi connectivity index (χ1v) is 12.8. The maximum Gasteiger partial charge on any atom is 0.305 e. The largest absolute Gasteiger partial charge is 0.466 e. The summed E-state index contributed by atoms with van der Waals surface area (Å²) in [4.78, 5) is 49.4. The average Bonchev–Trinajstić information content (AvgIpc) is 3.31. The fraction of sp³-hybridized carbons (Fsp3) is 0.615. The standard InChI is InChI=1S/C26H36N6O4/c1-4-5-9-24(35)36-16-7-6-8-23(34)32-15-12-20-25(28-18-29-26(20)32)30(3)21-17-31(14-11-19(21)2)22(33)10-13-27/h12,15,18-19,21H,4-11,14,16-17H2,1-3H3/t19-,21+/m1/s1. The molecule has 3 heterocycles. The van der Waals surface area contributed by atoms with Gasteiger partial charge in [-0.1, -0.05) is 20.3 Å². The number of ether oxygens (including phenoxy) is 1. The molecule has 0 N–H and O–H groups in total. The second-order valence-electron chi connectivity index (χ2n) is 9.41. The predicted molar refractivity (Wildman–Crippen MR) is 135 cm³/mol. The minimum Gasteiger partial charge on any atom is -0.466 e. The highest BCUT2D eigenvalue weighted by Crippen LogP contribution is 2.29. The van der Waals surface area contributed by atoms with E-state index in [0.717, 1.165) is 24.6 Å². The number of nitriles is 1. The molecule has 2 aromatic rings. The molecule has 1 aliphatic heterocycles. The zero-order chi connectivity index (χ0) is 26.1. The summed E-state index contributed by atoms with van der Waals surface area (Å²) in [7, 11) is 1.95. The molecule has 1 saturated heterocycles. The van der Waals surface area contributed by atoms with Crippen LogP contribution in [0.3, 0.4) is 0 Å². The Morgan fingerprint density at radius 2 is 2.00 bits per heavy atom. The normalized spacial score (nSPS) is 17.6. The van der Waals surface area contributed by atoms with Gasteiger partial charge in [0, 0.05) is 39.2 Å². The zero-order valence-electron chi connectivity index (χ0n) is 21.5. The van der Waals surface area contributed by atoms with E-state index in [0.29, 0.717) is 62.8 Å². The number of likely N-dealkylation sites (N-methyl/N-ethyl adjacent to an activating group) is 1. The van der Waals surface area contributed by atoms with Crippen molar-refractivity contribution in [3.63, 3.8) is 0 Å². The lowest BCUT2D eigenvalue weighted by Crippen LogP contribution is -2.52. The first kappa shape index (κ1) is 27.1. The van der Waals surface area contributed by atoms with Crippen molar-refractivity contribution in [2.75, 3.05) is 31.6 Å². The number of carbonyl (C=O) groups is 3. The molecule has 194 valence electrons. The van der Waals surface area contributed by atoms with Crippen LogP contribution >= 0.6 is 0 Å².